The Morgan fingerprint density at radius 3 is 2.58 bits per heavy atom. The van der Waals surface area contributed by atoms with Crippen LogP contribution in [-0.2, 0) is 13.1 Å². The van der Waals surface area contributed by atoms with Crippen molar-refractivity contribution < 1.29 is 0 Å². The molecule has 0 aliphatic heterocycles. The van der Waals surface area contributed by atoms with Crippen molar-refractivity contribution in [2.75, 3.05) is 0 Å². The van der Waals surface area contributed by atoms with Crippen molar-refractivity contribution >= 4 is 10.9 Å². The summed E-state index contributed by atoms with van der Waals surface area (Å²) >= 11 is 0. The molecule has 0 fully saturated rings. The molecule has 0 atom stereocenters. The summed E-state index contributed by atoms with van der Waals surface area (Å²) in [6, 6.07) is 20.4. The van der Waals surface area contributed by atoms with E-state index in [4.69, 9.17) is 5.26 Å². The van der Waals surface area contributed by atoms with Gasteiger partial charge in [0, 0.05) is 24.5 Å². The molecule has 2 aromatic carbocycles. The molecule has 4 nitrogen and oxygen atoms in total. The van der Waals surface area contributed by atoms with E-state index in [1.165, 1.54) is 10.9 Å². The van der Waals surface area contributed by atoms with Crippen LogP contribution < -0.4 is 0 Å². The molecule has 0 aliphatic rings. The van der Waals surface area contributed by atoms with Gasteiger partial charge in [0.25, 0.3) is 0 Å². The summed E-state index contributed by atoms with van der Waals surface area (Å²) in [5, 5.41) is 10.1. The van der Waals surface area contributed by atoms with Crippen molar-refractivity contribution in [3.63, 3.8) is 0 Å². The monoisotopic (exact) mass is 312 g/mol. The number of nitrogens with zero attached hydrogens (tertiary/aromatic N) is 4. The fraction of sp³-hybridized carbons (Fsp3) is 0.100. The minimum absolute atomic E-state index is 0.684. The number of hydrogen-bond acceptors (Lipinski definition) is 2. The Morgan fingerprint density at radius 2 is 1.75 bits per heavy atom. The van der Waals surface area contributed by atoms with Crippen LogP contribution >= 0.6 is 0 Å². The number of nitriles is 1. The highest BCUT2D eigenvalue weighted by Gasteiger charge is 2.06. The third-order valence-electron chi connectivity index (χ3n) is 4.25. The van der Waals surface area contributed by atoms with Crippen molar-refractivity contribution in [1.29, 1.82) is 5.26 Å². The van der Waals surface area contributed by atoms with Crippen LogP contribution in [0, 0.1) is 11.3 Å². The summed E-state index contributed by atoms with van der Waals surface area (Å²) < 4.78 is 4.39. The molecule has 0 saturated heterocycles. The lowest BCUT2D eigenvalue weighted by Crippen LogP contribution is -2.07. The maximum Gasteiger partial charge on any atom is 0.0991 e. The lowest BCUT2D eigenvalue weighted by atomic mass is 10.1. The first-order valence-corrected chi connectivity index (χ1v) is 7.85. The van der Waals surface area contributed by atoms with Gasteiger partial charge in [0.15, 0.2) is 0 Å². The number of fused-ring (bicyclic) bond motifs is 1. The average molecular weight is 312 g/mol. The van der Waals surface area contributed by atoms with E-state index in [1.807, 2.05) is 36.8 Å². The number of benzene rings is 2. The normalized spacial score (nSPS) is 10.8. The van der Waals surface area contributed by atoms with E-state index in [0.717, 1.165) is 24.3 Å². The summed E-state index contributed by atoms with van der Waals surface area (Å²) in [5.41, 5.74) is 4.22. The minimum atomic E-state index is 0.684. The third-order valence-corrected chi connectivity index (χ3v) is 4.25. The van der Waals surface area contributed by atoms with E-state index >= 15 is 0 Å². The van der Waals surface area contributed by atoms with Crippen molar-refractivity contribution in [1.82, 2.24) is 14.1 Å². The Kier molecular flexibility index (Phi) is 3.60. The van der Waals surface area contributed by atoms with E-state index in [2.05, 4.69) is 56.7 Å². The van der Waals surface area contributed by atoms with E-state index < -0.39 is 0 Å². The van der Waals surface area contributed by atoms with Gasteiger partial charge in [-0.1, -0.05) is 30.3 Å². The molecule has 2 aromatic heterocycles. The first-order chi connectivity index (χ1) is 11.8. The second kappa shape index (κ2) is 6.05. The molecule has 0 bridgehead atoms. The van der Waals surface area contributed by atoms with Gasteiger partial charge >= 0.3 is 0 Å². The highest BCUT2D eigenvalue weighted by Crippen LogP contribution is 2.17. The second-order valence-electron chi connectivity index (χ2n) is 5.82. The van der Waals surface area contributed by atoms with E-state index in [-0.39, 0.29) is 0 Å². The lowest BCUT2D eigenvalue weighted by Gasteiger charge is -2.10. The zero-order chi connectivity index (χ0) is 16.4. The maximum absolute atomic E-state index is 8.89. The van der Waals surface area contributed by atoms with Crippen LogP contribution in [0.15, 0.2) is 73.3 Å². The van der Waals surface area contributed by atoms with Gasteiger partial charge in [0.05, 0.1) is 30.2 Å². The van der Waals surface area contributed by atoms with Crippen LogP contribution in [-0.4, -0.2) is 14.1 Å². The van der Waals surface area contributed by atoms with Crippen molar-refractivity contribution in [3.05, 3.63) is 90.1 Å². The quantitative estimate of drug-likeness (QED) is 0.575. The number of rotatable bonds is 4. The Bertz CT molecular complexity index is 1020. The van der Waals surface area contributed by atoms with Crippen LogP contribution in [0.3, 0.4) is 0 Å². The van der Waals surface area contributed by atoms with Gasteiger partial charge in [-0.05, 0) is 35.2 Å². The van der Waals surface area contributed by atoms with Gasteiger partial charge in [0.1, 0.15) is 0 Å². The van der Waals surface area contributed by atoms with E-state index in [0.29, 0.717) is 5.56 Å². The molecule has 4 aromatic rings. The highest BCUT2D eigenvalue weighted by molar-refractivity contribution is 5.79. The largest absolute Gasteiger partial charge is 0.341 e. The number of para-hydroxylation sites is 1. The third kappa shape index (κ3) is 2.68. The fourth-order valence-electron chi connectivity index (χ4n) is 2.96. The Morgan fingerprint density at radius 1 is 0.917 bits per heavy atom. The fourth-order valence-corrected chi connectivity index (χ4v) is 2.96. The van der Waals surface area contributed by atoms with Crippen LogP contribution in [0.2, 0.25) is 0 Å². The van der Waals surface area contributed by atoms with Crippen LogP contribution in [0.1, 0.15) is 16.8 Å². The number of imidazole rings is 1. The van der Waals surface area contributed by atoms with Gasteiger partial charge in [0.2, 0.25) is 0 Å². The first kappa shape index (κ1) is 14.3. The molecule has 0 saturated carbocycles. The van der Waals surface area contributed by atoms with Gasteiger partial charge < -0.3 is 9.13 Å². The molecule has 0 N–H and O–H groups in total. The Labute approximate surface area is 140 Å². The molecular weight excluding hydrogens is 296 g/mol. The highest BCUT2D eigenvalue weighted by atomic mass is 15.1. The molecule has 24 heavy (non-hydrogen) atoms. The summed E-state index contributed by atoms with van der Waals surface area (Å²) in [4.78, 5) is 4.31. The van der Waals surface area contributed by atoms with Crippen LogP contribution in [0.5, 0.6) is 0 Å². The number of hydrogen-bond donors (Lipinski definition) is 0. The van der Waals surface area contributed by atoms with Crippen molar-refractivity contribution in [2.45, 2.75) is 13.1 Å². The first-order valence-electron chi connectivity index (χ1n) is 7.85. The molecule has 116 valence electrons. The van der Waals surface area contributed by atoms with E-state index in [9.17, 15) is 0 Å². The topological polar surface area (TPSA) is 46.5 Å². The predicted octanol–water partition coefficient (Wildman–Crippen LogP) is 3.81. The molecule has 0 amide bonds. The van der Waals surface area contributed by atoms with Crippen molar-refractivity contribution in [2.24, 2.45) is 0 Å². The lowest BCUT2D eigenvalue weighted by molar-refractivity contribution is 0.698. The molecule has 0 radical (unpaired) electrons. The molecule has 0 aliphatic carbocycles. The van der Waals surface area contributed by atoms with Crippen LogP contribution in [0.25, 0.3) is 10.9 Å². The molecule has 4 rings (SSSR count). The maximum atomic E-state index is 8.89. The van der Waals surface area contributed by atoms with Gasteiger partial charge in [-0.3, -0.25) is 0 Å². The average Bonchev–Trinajstić information content (AvgIpc) is 3.24. The SMILES string of the molecule is N#Cc1ccc(Cn2cncc2Cn2ccc3ccccc32)cc1. The Balaban J connectivity index is 1.59. The van der Waals surface area contributed by atoms with Gasteiger partial charge in [-0.15, -0.1) is 0 Å². The zero-order valence-electron chi connectivity index (χ0n) is 13.1. The minimum Gasteiger partial charge on any atom is -0.341 e. The summed E-state index contributed by atoms with van der Waals surface area (Å²) in [7, 11) is 0. The van der Waals surface area contributed by atoms with Crippen molar-refractivity contribution in [3.8, 4) is 6.07 Å². The molecular formula is C20H16N4. The summed E-state index contributed by atoms with van der Waals surface area (Å²) in [6.07, 6.45) is 5.89. The smallest absolute Gasteiger partial charge is 0.0991 e. The molecule has 4 heteroatoms. The Hall–Kier alpha value is -3.32. The zero-order valence-corrected chi connectivity index (χ0v) is 13.1. The predicted molar refractivity (Wildman–Crippen MR) is 93.5 cm³/mol. The van der Waals surface area contributed by atoms with Gasteiger partial charge in [-0.25, -0.2) is 4.98 Å². The van der Waals surface area contributed by atoms with Gasteiger partial charge in [-0.2, -0.15) is 5.26 Å². The summed E-state index contributed by atoms with van der Waals surface area (Å²) in [5.74, 6) is 0. The molecule has 0 unspecified atom stereocenters. The standard InChI is InChI=1S/C20H16N4/c21-11-16-5-7-17(8-6-16)13-24-15-22-12-19(24)14-23-10-9-18-3-1-2-4-20(18)23/h1-10,12,15H,13-14H2. The summed E-state index contributed by atoms with van der Waals surface area (Å²) in [6.45, 7) is 1.53. The van der Waals surface area contributed by atoms with Crippen LogP contribution in [0.4, 0.5) is 0 Å². The second-order valence-corrected chi connectivity index (χ2v) is 5.82. The van der Waals surface area contributed by atoms with E-state index in [1.54, 1.807) is 0 Å². The molecule has 2 heterocycles. The molecule has 0 spiro atoms. The number of aromatic nitrogens is 3.